The smallest absolute Gasteiger partial charge is 0.224 e. The minimum atomic E-state index is -0.186. The molecule has 0 spiro atoms. The molecule has 0 fully saturated rings. The molecule has 0 saturated heterocycles. The summed E-state index contributed by atoms with van der Waals surface area (Å²) in [5.74, 6) is -0.0333. The Hall–Kier alpha value is -0.580. The summed E-state index contributed by atoms with van der Waals surface area (Å²) >= 11 is 9.25. The fourth-order valence-corrected chi connectivity index (χ4v) is 1.78. The minimum Gasteiger partial charge on any atom is -0.383 e. The molecular formula is C12H15BrClNO2. The van der Waals surface area contributed by atoms with Gasteiger partial charge in [-0.15, -0.1) is 11.6 Å². The van der Waals surface area contributed by atoms with Crippen molar-refractivity contribution < 1.29 is 9.53 Å². The zero-order valence-corrected chi connectivity index (χ0v) is 11.9. The van der Waals surface area contributed by atoms with Crippen LogP contribution in [0, 0.1) is 0 Å². The molecule has 1 aromatic rings. The van der Waals surface area contributed by atoms with Gasteiger partial charge in [0.25, 0.3) is 0 Å². The number of carbonyl (C=O) groups excluding carboxylic acids is 1. The van der Waals surface area contributed by atoms with Crippen molar-refractivity contribution in [1.29, 1.82) is 0 Å². The minimum absolute atomic E-state index is 0.0333. The van der Waals surface area contributed by atoms with Gasteiger partial charge >= 0.3 is 0 Å². The summed E-state index contributed by atoms with van der Waals surface area (Å²) in [5, 5.41) is 2.58. The molecular weight excluding hydrogens is 305 g/mol. The van der Waals surface area contributed by atoms with E-state index in [4.69, 9.17) is 16.3 Å². The third-order valence-corrected chi connectivity index (χ3v) is 2.96. The maximum atomic E-state index is 11.6. The van der Waals surface area contributed by atoms with Crippen molar-refractivity contribution >= 4 is 33.4 Å². The van der Waals surface area contributed by atoms with E-state index < -0.39 is 0 Å². The summed E-state index contributed by atoms with van der Waals surface area (Å²) in [6.45, 7) is 0.852. The van der Waals surface area contributed by atoms with Gasteiger partial charge in [0.15, 0.2) is 0 Å². The quantitative estimate of drug-likeness (QED) is 0.817. The Morgan fingerprint density at radius 1 is 1.47 bits per heavy atom. The predicted octanol–water partition coefficient (Wildman–Crippen LogP) is 2.36. The third kappa shape index (κ3) is 6.05. The van der Waals surface area contributed by atoms with Gasteiger partial charge in [-0.25, -0.2) is 0 Å². The second kappa shape index (κ2) is 7.69. The van der Waals surface area contributed by atoms with Gasteiger partial charge in [-0.2, -0.15) is 0 Å². The van der Waals surface area contributed by atoms with Crippen molar-refractivity contribution in [3.63, 3.8) is 0 Å². The standard InChI is InChI=1S/C12H15BrClNO2/c1-17-8-11(14)7-15-12(16)6-9-2-4-10(13)5-3-9/h2-5,11H,6-8H2,1H3,(H,15,16). The molecule has 1 aromatic carbocycles. The lowest BCUT2D eigenvalue weighted by Crippen LogP contribution is -2.32. The van der Waals surface area contributed by atoms with E-state index in [0.717, 1.165) is 10.0 Å². The molecule has 1 amide bonds. The zero-order chi connectivity index (χ0) is 12.7. The number of alkyl halides is 1. The summed E-state index contributed by atoms with van der Waals surface area (Å²) in [7, 11) is 1.58. The first kappa shape index (κ1) is 14.5. The summed E-state index contributed by atoms with van der Waals surface area (Å²) < 4.78 is 5.88. The SMILES string of the molecule is COCC(Cl)CNC(=O)Cc1ccc(Br)cc1. The van der Waals surface area contributed by atoms with E-state index in [-0.39, 0.29) is 11.3 Å². The Morgan fingerprint density at radius 2 is 2.12 bits per heavy atom. The van der Waals surface area contributed by atoms with E-state index in [1.165, 1.54) is 0 Å². The zero-order valence-electron chi connectivity index (χ0n) is 9.58. The number of carbonyl (C=O) groups is 1. The largest absolute Gasteiger partial charge is 0.383 e. The molecule has 1 N–H and O–H groups in total. The monoisotopic (exact) mass is 319 g/mol. The van der Waals surface area contributed by atoms with Crippen LogP contribution in [0.2, 0.25) is 0 Å². The van der Waals surface area contributed by atoms with Crippen molar-refractivity contribution in [2.24, 2.45) is 0 Å². The molecule has 3 nitrogen and oxygen atoms in total. The van der Waals surface area contributed by atoms with E-state index in [1.807, 2.05) is 24.3 Å². The van der Waals surface area contributed by atoms with Crippen LogP contribution in [0.3, 0.4) is 0 Å². The first-order valence-electron chi connectivity index (χ1n) is 5.26. The molecule has 1 rings (SSSR count). The number of rotatable bonds is 6. The van der Waals surface area contributed by atoms with Crippen LogP contribution in [0.25, 0.3) is 0 Å². The van der Waals surface area contributed by atoms with Crippen molar-refractivity contribution in [2.45, 2.75) is 11.8 Å². The number of hydrogen-bond acceptors (Lipinski definition) is 2. The first-order valence-corrected chi connectivity index (χ1v) is 6.49. The average Bonchev–Trinajstić information content (AvgIpc) is 2.30. The Morgan fingerprint density at radius 3 is 2.71 bits per heavy atom. The van der Waals surface area contributed by atoms with Crippen molar-refractivity contribution in [3.8, 4) is 0 Å². The normalized spacial score (nSPS) is 12.2. The number of amides is 1. The van der Waals surface area contributed by atoms with Crippen LogP contribution in [0.5, 0.6) is 0 Å². The fraction of sp³-hybridized carbons (Fsp3) is 0.417. The van der Waals surface area contributed by atoms with E-state index in [0.29, 0.717) is 19.6 Å². The fourth-order valence-electron chi connectivity index (χ4n) is 1.31. The number of ether oxygens (including phenoxy) is 1. The summed E-state index contributed by atoms with van der Waals surface area (Å²) in [6.07, 6.45) is 0.365. The van der Waals surface area contributed by atoms with E-state index in [1.54, 1.807) is 7.11 Å². The van der Waals surface area contributed by atoms with Gasteiger partial charge in [0.2, 0.25) is 5.91 Å². The van der Waals surface area contributed by atoms with Crippen LogP contribution in [-0.4, -0.2) is 31.5 Å². The van der Waals surface area contributed by atoms with Gasteiger partial charge in [-0.05, 0) is 17.7 Å². The Bertz CT molecular complexity index is 356. The first-order chi connectivity index (χ1) is 8.11. The molecule has 0 saturated carbocycles. The molecule has 1 atom stereocenters. The molecule has 17 heavy (non-hydrogen) atoms. The topological polar surface area (TPSA) is 38.3 Å². The lowest BCUT2D eigenvalue weighted by molar-refractivity contribution is -0.120. The Kier molecular flexibility index (Phi) is 6.55. The number of halogens is 2. The van der Waals surface area contributed by atoms with Crippen molar-refractivity contribution in [1.82, 2.24) is 5.32 Å². The van der Waals surface area contributed by atoms with Crippen LogP contribution in [-0.2, 0) is 16.0 Å². The third-order valence-electron chi connectivity index (χ3n) is 2.15. The van der Waals surface area contributed by atoms with Gasteiger partial charge in [0, 0.05) is 18.1 Å². The molecule has 0 heterocycles. The van der Waals surface area contributed by atoms with Crippen LogP contribution >= 0.6 is 27.5 Å². The van der Waals surface area contributed by atoms with Crippen LogP contribution in [0.15, 0.2) is 28.7 Å². The van der Waals surface area contributed by atoms with E-state index >= 15 is 0 Å². The lowest BCUT2D eigenvalue weighted by atomic mass is 10.1. The van der Waals surface area contributed by atoms with E-state index in [2.05, 4.69) is 21.2 Å². The van der Waals surface area contributed by atoms with E-state index in [9.17, 15) is 4.79 Å². The van der Waals surface area contributed by atoms with Crippen LogP contribution in [0.4, 0.5) is 0 Å². The number of methoxy groups -OCH3 is 1. The van der Waals surface area contributed by atoms with Gasteiger partial charge in [0.05, 0.1) is 18.4 Å². The average molecular weight is 321 g/mol. The second-order valence-corrected chi connectivity index (χ2v) is 5.19. The highest BCUT2D eigenvalue weighted by atomic mass is 79.9. The maximum absolute atomic E-state index is 11.6. The molecule has 0 aliphatic carbocycles. The Balaban J connectivity index is 2.32. The molecule has 0 aromatic heterocycles. The van der Waals surface area contributed by atoms with Gasteiger partial charge in [-0.3, -0.25) is 4.79 Å². The summed E-state index contributed by atoms with van der Waals surface area (Å²) in [6, 6.07) is 7.66. The summed E-state index contributed by atoms with van der Waals surface area (Å²) in [5.41, 5.74) is 0.976. The molecule has 0 aliphatic rings. The van der Waals surface area contributed by atoms with Crippen LogP contribution < -0.4 is 5.32 Å². The van der Waals surface area contributed by atoms with Crippen molar-refractivity contribution in [2.75, 3.05) is 20.3 Å². The molecule has 0 bridgehead atoms. The lowest BCUT2D eigenvalue weighted by Gasteiger charge is -2.09. The molecule has 94 valence electrons. The highest BCUT2D eigenvalue weighted by Crippen LogP contribution is 2.10. The van der Waals surface area contributed by atoms with Gasteiger partial charge < -0.3 is 10.1 Å². The number of nitrogens with one attached hydrogen (secondary N) is 1. The maximum Gasteiger partial charge on any atom is 0.224 e. The molecule has 1 unspecified atom stereocenters. The predicted molar refractivity (Wildman–Crippen MR) is 72.4 cm³/mol. The second-order valence-electron chi connectivity index (χ2n) is 3.66. The molecule has 0 aliphatic heterocycles. The highest BCUT2D eigenvalue weighted by Gasteiger charge is 2.07. The molecule has 5 heteroatoms. The van der Waals surface area contributed by atoms with Gasteiger partial charge in [0.1, 0.15) is 0 Å². The van der Waals surface area contributed by atoms with Crippen LogP contribution in [0.1, 0.15) is 5.56 Å². The number of benzene rings is 1. The van der Waals surface area contributed by atoms with Crippen molar-refractivity contribution in [3.05, 3.63) is 34.3 Å². The Labute approximate surface area is 115 Å². The summed E-state index contributed by atoms with van der Waals surface area (Å²) in [4.78, 5) is 11.6. The van der Waals surface area contributed by atoms with Gasteiger partial charge in [-0.1, -0.05) is 28.1 Å². The highest BCUT2D eigenvalue weighted by molar-refractivity contribution is 9.10. The number of hydrogen-bond donors (Lipinski definition) is 1. The molecule has 0 radical (unpaired) electrons.